The van der Waals surface area contributed by atoms with Crippen molar-refractivity contribution in [1.29, 1.82) is 0 Å². The highest BCUT2D eigenvalue weighted by atomic mass is 15.4. The van der Waals surface area contributed by atoms with Crippen LogP contribution in [0.25, 0.3) is 11.2 Å². The van der Waals surface area contributed by atoms with Gasteiger partial charge in [-0.15, -0.1) is 5.10 Å². The maximum absolute atomic E-state index is 4.47. The second-order valence-corrected chi connectivity index (χ2v) is 3.73. The molecule has 0 unspecified atom stereocenters. The van der Waals surface area contributed by atoms with Crippen molar-refractivity contribution in [3.8, 4) is 0 Å². The Kier molecular flexibility index (Phi) is 2.98. The van der Waals surface area contributed by atoms with E-state index in [4.69, 9.17) is 0 Å². The van der Waals surface area contributed by atoms with Crippen LogP contribution in [0.15, 0.2) is 0 Å². The second kappa shape index (κ2) is 4.42. The molecule has 6 nitrogen and oxygen atoms in total. The summed E-state index contributed by atoms with van der Waals surface area (Å²) in [7, 11) is 3.67. The Morgan fingerprint density at radius 1 is 1.31 bits per heavy atom. The highest BCUT2D eigenvalue weighted by Gasteiger charge is 2.11. The molecule has 0 aliphatic carbocycles. The molecule has 0 amide bonds. The number of fused-ring (bicyclic) bond motifs is 1. The molecule has 0 aliphatic rings. The lowest BCUT2D eigenvalue weighted by Crippen LogP contribution is -2.03. The van der Waals surface area contributed by atoms with Crippen LogP contribution in [0.3, 0.4) is 0 Å². The summed E-state index contributed by atoms with van der Waals surface area (Å²) in [6, 6.07) is 0. The van der Waals surface area contributed by atoms with Crippen molar-refractivity contribution < 1.29 is 0 Å². The second-order valence-electron chi connectivity index (χ2n) is 3.73. The average molecular weight is 220 g/mol. The van der Waals surface area contributed by atoms with E-state index in [0.717, 1.165) is 42.1 Å². The number of hydrogen-bond acceptors (Lipinski definition) is 5. The third-order valence-electron chi connectivity index (χ3n) is 2.49. The summed E-state index contributed by atoms with van der Waals surface area (Å²) in [6.07, 6.45) is 3.13. The van der Waals surface area contributed by atoms with Crippen LogP contribution in [-0.2, 0) is 13.5 Å². The van der Waals surface area contributed by atoms with Crippen molar-refractivity contribution in [1.82, 2.24) is 25.0 Å². The van der Waals surface area contributed by atoms with Gasteiger partial charge in [0.2, 0.25) is 0 Å². The summed E-state index contributed by atoms with van der Waals surface area (Å²) >= 11 is 0. The fourth-order valence-corrected chi connectivity index (χ4v) is 1.58. The monoisotopic (exact) mass is 220 g/mol. The van der Waals surface area contributed by atoms with E-state index in [1.54, 1.807) is 4.68 Å². The van der Waals surface area contributed by atoms with Gasteiger partial charge in [0.25, 0.3) is 0 Å². The lowest BCUT2D eigenvalue weighted by molar-refractivity contribution is 0.720. The third kappa shape index (κ3) is 1.82. The van der Waals surface area contributed by atoms with E-state index in [-0.39, 0.29) is 0 Å². The standard InChI is InChI=1S/C10H16N6/c1-4-5-6-7-12-9(11-2)8-10(13-7)16(3)15-14-8/h4-6H2,1-3H3,(H,11,12,13). The topological polar surface area (TPSA) is 68.5 Å². The molecule has 0 saturated heterocycles. The van der Waals surface area contributed by atoms with Gasteiger partial charge >= 0.3 is 0 Å². The molecule has 0 bridgehead atoms. The first-order chi connectivity index (χ1) is 7.76. The van der Waals surface area contributed by atoms with Gasteiger partial charge in [0.15, 0.2) is 17.0 Å². The van der Waals surface area contributed by atoms with Crippen LogP contribution < -0.4 is 5.32 Å². The molecule has 0 radical (unpaired) electrons. The molecule has 2 aromatic rings. The van der Waals surface area contributed by atoms with E-state index in [0.29, 0.717) is 0 Å². The minimum absolute atomic E-state index is 0.727. The van der Waals surface area contributed by atoms with Crippen molar-refractivity contribution >= 4 is 17.0 Å². The molecule has 0 spiro atoms. The van der Waals surface area contributed by atoms with Crippen molar-refractivity contribution in [3.05, 3.63) is 5.82 Å². The van der Waals surface area contributed by atoms with Crippen molar-refractivity contribution in [2.45, 2.75) is 26.2 Å². The normalized spacial score (nSPS) is 10.9. The minimum atomic E-state index is 0.727. The molecule has 0 saturated carbocycles. The zero-order chi connectivity index (χ0) is 11.5. The summed E-state index contributed by atoms with van der Waals surface area (Å²) in [5.74, 6) is 1.60. The van der Waals surface area contributed by atoms with Gasteiger partial charge in [-0.05, 0) is 6.42 Å². The van der Waals surface area contributed by atoms with Crippen LogP contribution >= 0.6 is 0 Å². The van der Waals surface area contributed by atoms with Crippen LogP contribution in [-0.4, -0.2) is 32.0 Å². The van der Waals surface area contributed by atoms with Gasteiger partial charge in [-0.2, -0.15) is 0 Å². The summed E-state index contributed by atoms with van der Waals surface area (Å²) in [4.78, 5) is 8.90. The van der Waals surface area contributed by atoms with Crippen LogP contribution in [0.1, 0.15) is 25.6 Å². The molecule has 2 heterocycles. The first kappa shape index (κ1) is 10.8. The minimum Gasteiger partial charge on any atom is -0.371 e. The molecular weight excluding hydrogens is 204 g/mol. The Morgan fingerprint density at radius 2 is 2.12 bits per heavy atom. The number of anilines is 1. The number of aryl methyl sites for hydroxylation is 2. The first-order valence-corrected chi connectivity index (χ1v) is 5.50. The molecule has 0 aromatic carbocycles. The van der Waals surface area contributed by atoms with E-state index in [1.807, 2.05) is 14.1 Å². The maximum atomic E-state index is 4.47. The molecule has 86 valence electrons. The Hall–Kier alpha value is -1.72. The SMILES string of the molecule is CCCCc1nc(NC)c2nnn(C)c2n1. The highest BCUT2D eigenvalue weighted by molar-refractivity contribution is 5.81. The summed E-state index contributed by atoms with van der Waals surface area (Å²) in [5.41, 5.74) is 1.51. The maximum Gasteiger partial charge on any atom is 0.183 e. The third-order valence-corrected chi connectivity index (χ3v) is 2.49. The van der Waals surface area contributed by atoms with E-state index in [2.05, 4.69) is 32.5 Å². The zero-order valence-electron chi connectivity index (χ0n) is 9.86. The average Bonchev–Trinajstić information content (AvgIpc) is 2.68. The van der Waals surface area contributed by atoms with Gasteiger partial charge in [-0.25, -0.2) is 14.6 Å². The molecule has 1 N–H and O–H groups in total. The van der Waals surface area contributed by atoms with Gasteiger partial charge in [-0.3, -0.25) is 0 Å². The van der Waals surface area contributed by atoms with Crippen LogP contribution in [0, 0.1) is 0 Å². The molecule has 6 heteroatoms. The Balaban J connectivity index is 2.48. The molecular formula is C10H16N6. The molecule has 0 aliphatic heterocycles. The summed E-state index contributed by atoms with van der Waals surface area (Å²) in [6.45, 7) is 2.16. The molecule has 2 rings (SSSR count). The fraction of sp³-hybridized carbons (Fsp3) is 0.600. The van der Waals surface area contributed by atoms with Crippen LogP contribution in [0.4, 0.5) is 5.82 Å². The largest absolute Gasteiger partial charge is 0.371 e. The highest BCUT2D eigenvalue weighted by Crippen LogP contribution is 2.16. The molecule has 0 atom stereocenters. The van der Waals surface area contributed by atoms with Gasteiger partial charge in [0.1, 0.15) is 5.82 Å². The van der Waals surface area contributed by atoms with Gasteiger partial charge in [-0.1, -0.05) is 18.6 Å². The van der Waals surface area contributed by atoms with Gasteiger partial charge < -0.3 is 5.32 Å². The van der Waals surface area contributed by atoms with E-state index in [9.17, 15) is 0 Å². The zero-order valence-corrected chi connectivity index (χ0v) is 9.86. The number of hydrogen-bond donors (Lipinski definition) is 1. The predicted octanol–water partition coefficient (Wildman–Crippen LogP) is 1.14. The summed E-state index contributed by atoms with van der Waals surface area (Å²) in [5, 5.41) is 11.0. The number of nitrogens with one attached hydrogen (secondary N) is 1. The van der Waals surface area contributed by atoms with E-state index >= 15 is 0 Å². The Labute approximate surface area is 94.1 Å². The molecule has 16 heavy (non-hydrogen) atoms. The number of unbranched alkanes of at least 4 members (excludes halogenated alkanes) is 1. The lowest BCUT2D eigenvalue weighted by atomic mass is 10.2. The number of aromatic nitrogens is 5. The summed E-state index contributed by atoms with van der Waals surface area (Å²) < 4.78 is 1.67. The molecule has 0 fully saturated rings. The number of nitrogens with zero attached hydrogens (tertiary/aromatic N) is 5. The quantitative estimate of drug-likeness (QED) is 0.836. The Morgan fingerprint density at radius 3 is 2.81 bits per heavy atom. The van der Waals surface area contributed by atoms with Gasteiger partial charge in [0.05, 0.1) is 0 Å². The predicted molar refractivity (Wildman–Crippen MR) is 62.3 cm³/mol. The number of rotatable bonds is 4. The van der Waals surface area contributed by atoms with Crippen LogP contribution in [0.5, 0.6) is 0 Å². The molecule has 2 aromatic heterocycles. The fourth-order valence-electron chi connectivity index (χ4n) is 1.58. The van der Waals surface area contributed by atoms with Gasteiger partial charge in [0, 0.05) is 20.5 Å². The van der Waals surface area contributed by atoms with Crippen molar-refractivity contribution in [2.24, 2.45) is 7.05 Å². The Bertz CT molecular complexity index is 489. The smallest absolute Gasteiger partial charge is 0.183 e. The van der Waals surface area contributed by atoms with Crippen LogP contribution in [0.2, 0.25) is 0 Å². The first-order valence-electron chi connectivity index (χ1n) is 5.50. The van der Waals surface area contributed by atoms with E-state index in [1.165, 1.54) is 0 Å². The van der Waals surface area contributed by atoms with Crippen molar-refractivity contribution in [3.63, 3.8) is 0 Å². The lowest BCUT2D eigenvalue weighted by Gasteiger charge is -2.03. The van der Waals surface area contributed by atoms with E-state index < -0.39 is 0 Å². The van der Waals surface area contributed by atoms with Crippen molar-refractivity contribution in [2.75, 3.05) is 12.4 Å².